The molecule has 1 aromatic rings. The van der Waals surface area contributed by atoms with E-state index in [0.29, 0.717) is 26.6 Å². The van der Waals surface area contributed by atoms with Crippen molar-refractivity contribution in [1.29, 1.82) is 0 Å². The van der Waals surface area contributed by atoms with Crippen LogP contribution in [0.25, 0.3) is 0 Å². The third kappa shape index (κ3) is 2.79. The van der Waals surface area contributed by atoms with Gasteiger partial charge in [0, 0.05) is 4.47 Å². The summed E-state index contributed by atoms with van der Waals surface area (Å²) >= 11 is 15.1. The molecule has 1 amide bonds. The average molecular weight is 353 g/mol. The van der Waals surface area contributed by atoms with E-state index < -0.39 is 17.8 Å². The average Bonchev–Trinajstić information content (AvgIpc) is 3.02. The van der Waals surface area contributed by atoms with E-state index in [2.05, 4.69) is 21.2 Å². The fourth-order valence-corrected chi connectivity index (χ4v) is 2.94. The molecular formula is C11H8BrCl2NO3. The number of nitrogens with one attached hydrogen (secondary N) is 1. The second-order valence-corrected chi connectivity index (χ2v) is 5.75. The summed E-state index contributed by atoms with van der Waals surface area (Å²) < 4.78 is 0.699. The molecule has 0 aliphatic heterocycles. The van der Waals surface area contributed by atoms with Gasteiger partial charge in [0.05, 0.1) is 27.6 Å². The molecule has 2 rings (SSSR count). The van der Waals surface area contributed by atoms with Gasteiger partial charge in [0.2, 0.25) is 5.91 Å². The predicted molar refractivity (Wildman–Crippen MR) is 72.0 cm³/mol. The van der Waals surface area contributed by atoms with Crippen molar-refractivity contribution >= 4 is 56.7 Å². The predicted octanol–water partition coefficient (Wildman–Crippen LogP) is 3.42. The van der Waals surface area contributed by atoms with E-state index in [4.69, 9.17) is 28.3 Å². The van der Waals surface area contributed by atoms with Crippen LogP contribution in [-0.2, 0) is 9.59 Å². The van der Waals surface area contributed by atoms with Gasteiger partial charge in [-0.15, -0.1) is 0 Å². The number of carbonyl (C=O) groups excluding carboxylic acids is 1. The highest BCUT2D eigenvalue weighted by Gasteiger charge is 2.48. The molecule has 0 radical (unpaired) electrons. The number of amides is 1. The van der Waals surface area contributed by atoms with E-state index >= 15 is 0 Å². The number of rotatable bonds is 3. The minimum absolute atomic E-state index is 0.301. The first-order valence-electron chi connectivity index (χ1n) is 5.08. The van der Waals surface area contributed by atoms with Crippen molar-refractivity contribution in [2.24, 2.45) is 11.8 Å². The number of anilines is 1. The summed E-state index contributed by atoms with van der Waals surface area (Å²) in [6.45, 7) is 0. The standard InChI is InChI=1S/C11H8BrCl2NO3/c12-4-1-7(13)9(8(14)2-4)15-10(16)5-3-6(5)11(17)18/h1-2,5-6H,3H2,(H,15,16)(H,17,18)/t5-,6+/m1/s1. The summed E-state index contributed by atoms with van der Waals surface area (Å²) in [6.07, 6.45) is 0.354. The van der Waals surface area contributed by atoms with E-state index in [9.17, 15) is 9.59 Å². The van der Waals surface area contributed by atoms with Crippen LogP contribution in [0.4, 0.5) is 5.69 Å². The van der Waals surface area contributed by atoms with Crippen LogP contribution in [-0.4, -0.2) is 17.0 Å². The summed E-state index contributed by atoms with van der Waals surface area (Å²) in [5.41, 5.74) is 0.308. The largest absolute Gasteiger partial charge is 0.481 e. The lowest BCUT2D eigenvalue weighted by molar-refractivity contribution is -0.139. The molecule has 2 atom stereocenters. The maximum Gasteiger partial charge on any atom is 0.307 e. The fourth-order valence-electron chi connectivity index (χ4n) is 1.64. The summed E-state index contributed by atoms with van der Waals surface area (Å²) in [5, 5.41) is 11.9. The molecule has 1 fully saturated rings. The van der Waals surface area contributed by atoms with Crippen LogP contribution < -0.4 is 5.32 Å². The molecule has 1 aromatic carbocycles. The molecule has 4 nitrogen and oxygen atoms in total. The molecule has 0 aromatic heterocycles. The molecule has 1 saturated carbocycles. The molecule has 0 unspecified atom stereocenters. The molecule has 0 spiro atoms. The zero-order chi connectivity index (χ0) is 13.4. The van der Waals surface area contributed by atoms with Gasteiger partial charge >= 0.3 is 5.97 Å². The normalized spacial score (nSPS) is 21.5. The Morgan fingerprint density at radius 1 is 1.28 bits per heavy atom. The fraction of sp³-hybridized carbons (Fsp3) is 0.273. The number of aliphatic carboxylic acids is 1. The van der Waals surface area contributed by atoms with Crippen LogP contribution in [0.2, 0.25) is 10.0 Å². The van der Waals surface area contributed by atoms with Crippen LogP contribution in [0.3, 0.4) is 0 Å². The third-order valence-corrected chi connectivity index (χ3v) is 3.75. The Morgan fingerprint density at radius 3 is 2.28 bits per heavy atom. The minimum Gasteiger partial charge on any atom is -0.481 e. The Balaban J connectivity index is 2.11. The molecule has 0 heterocycles. The van der Waals surface area contributed by atoms with Crippen molar-refractivity contribution in [3.05, 3.63) is 26.7 Å². The van der Waals surface area contributed by atoms with Gasteiger partial charge in [-0.2, -0.15) is 0 Å². The minimum atomic E-state index is -0.955. The number of hydrogen-bond acceptors (Lipinski definition) is 2. The zero-order valence-corrected chi connectivity index (χ0v) is 12.0. The first kappa shape index (κ1) is 13.6. The second-order valence-electron chi connectivity index (χ2n) is 4.02. The van der Waals surface area contributed by atoms with Gasteiger partial charge in [-0.3, -0.25) is 9.59 Å². The quantitative estimate of drug-likeness (QED) is 0.875. The van der Waals surface area contributed by atoms with E-state index in [1.54, 1.807) is 12.1 Å². The Bertz CT molecular complexity index is 512. The highest BCUT2D eigenvalue weighted by atomic mass is 79.9. The molecule has 18 heavy (non-hydrogen) atoms. The first-order chi connectivity index (χ1) is 8.40. The molecule has 96 valence electrons. The topological polar surface area (TPSA) is 66.4 Å². The third-order valence-electron chi connectivity index (χ3n) is 2.70. The number of carboxylic acid groups (broad SMARTS) is 1. The van der Waals surface area contributed by atoms with Gasteiger partial charge < -0.3 is 10.4 Å². The van der Waals surface area contributed by atoms with Crippen LogP contribution >= 0.6 is 39.1 Å². The van der Waals surface area contributed by atoms with E-state index in [-0.39, 0.29) is 5.91 Å². The van der Waals surface area contributed by atoms with Crippen molar-refractivity contribution in [2.45, 2.75) is 6.42 Å². The Kier molecular flexibility index (Phi) is 3.84. The van der Waals surface area contributed by atoms with Crippen LogP contribution in [0.1, 0.15) is 6.42 Å². The molecule has 0 saturated heterocycles. The van der Waals surface area contributed by atoms with Crippen LogP contribution in [0, 0.1) is 11.8 Å². The maximum atomic E-state index is 11.8. The van der Waals surface area contributed by atoms with Crippen molar-refractivity contribution in [3.8, 4) is 0 Å². The number of carbonyl (C=O) groups is 2. The SMILES string of the molecule is O=C(O)[C@H]1C[C@H]1C(=O)Nc1c(Cl)cc(Br)cc1Cl. The van der Waals surface area contributed by atoms with Gasteiger partial charge in [-0.1, -0.05) is 39.1 Å². The first-order valence-corrected chi connectivity index (χ1v) is 6.63. The van der Waals surface area contributed by atoms with E-state index in [0.717, 1.165) is 0 Å². The monoisotopic (exact) mass is 351 g/mol. The Hall–Kier alpha value is -0.780. The highest BCUT2D eigenvalue weighted by molar-refractivity contribution is 9.10. The van der Waals surface area contributed by atoms with Crippen molar-refractivity contribution < 1.29 is 14.7 Å². The molecule has 1 aliphatic carbocycles. The number of benzene rings is 1. The molecule has 0 bridgehead atoms. The van der Waals surface area contributed by atoms with E-state index in [1.807, 2.05) is 0 Å². The zero-order valence-electron chi connectivity index (χ0n) is 8.91. The highest BCUT2D eigenvalue weighted by Crippen LogP contribution is 2.41. The lowest BCUT2D eigenvalue weighted by atomic mass is 10.2. The lowest BCUT2D eigenvalue weighted by Gasteiger charge is -2.09. The van der Waals surface area contributed by atoms with Gasteiger partial charge in [-0.25, -0.2) is 0 Å². The van der Waals surface area contributed by atoms with Gasteiger partial charge in [0.25, 0.3) is 0 Å². The van der Waals surface area contributed by atoms with Crippen molar-refractivity contribution in [3.63, 3.8) is 0 Å². The van der Waals surface area contributed by atoms with Crippen molar-refractivity contribution in [1.82, 2.24) is 0 Å². The maximum absolute atomic E-state index is 11.8. The number of hydrogen-bond donors (Lipinski definition) is 2. The molecule has 7 heteroatoms. The van der Waals surface area contributed by atoms with Gasteiger partial charge in [0.1, 0.15) is 0 Å². The van der Waals surface area contributed by atoms with Crippen LogP contribution in [0.15, 0.2) is 16.6 Å². The molecule has 2 N–H and O–H groups in total. The van der Waals surface area contributed by atoms with E-state index in [1.165, 1.54) is 0 Å². The van der Waals surface area contributed by atoms with Gasteiger partial charge in [-0.05, 0) is 18.6 Å². The summed E-state index contributed by atoms with van der Waals surface area (Å²) in [5.74, 6) is -2.42. The number of halogens is 3. The molecular weight excluding hydrogens is 345 g/mol. The summed E-state index contributed by atoms with van der Waals surface area (Å²) in [7, 11) is 0. The van der Waals surface area contributed by atoms with Gasteiger partial charge in [0.15, 0.2) is 0 Å². The van der Waals surface area contributed by atoms with Crippen LogP contribution in [0.5, 0.6) is 0 Å². The van der Waals surface area contributed by atoms with Crippen molar-refractivity contribution in [2.75, 3.05) is 5.32 Å². The summed E-state index contributed by atoms with van der Waals surface area (Å²) in [4.78, 5) is 22.4. The smallest absolute Gasteiger partial charge is 0.307 e. The summed E-state index contributed by atoms with van der Waals surface area (Å²) in [6, 6.07) is 3.20. The molecule has 1 aliphatic rings. The Morgan fingerprint density at radius 2 is 1.83 bits per heavy atom. The lowest BCUT2D eigenvalue weighted by Crippen LogP contribution is -2.17. The number of carboxylic acids is 1. The Labute approximate surface area is 121 Å². The second kappa shape index (κ2) is 5.07.